The van der Waals surface area contributed by atoms with Crippen molar-refractivity contribution in [2.24, 2.45) is 5.14 Å². The molecule has 0 fully saturated rings. The van der Waals surface area contributed by atoms with Crippen LogP contribution in [0.25, 0.3) is 0 Å². The van der Waals surface area contributed by atoms with Crippen LogP contribution in [0.2, 0.25) is 0 Å². The quantitative estimate of drug-likeness (QED) is 0.825. The summed E-state index contributed by atoms with van der Waals surface area (Å²) in [6.45, 7) is 1.12. The molecule has 0 spiro atoms. The fourth-order valence-corrected chi connectivity index (χ4v) is 2.17. The van der Waals surface area contributed by atoms with Crippen LogP contribution in [0.5, 0.6) is 0 Å². The van der Waals surface area contributed by atoms with Crippen molar-refractivity contribution in [1.29, 1.82) is 0 Å². The molecule has 2 aromatic rings. The van der Waals surface area contributed by atoms with Gasteiger partial charge in [-0.1, -0.05) is 12.1 Å². The number of benzene rings is 1. The van der Waals surface area contributed by atoms with Crippen LogP contribution in [-0.2, 0) is 23.1 Å². The van der Waals surface area contributed by atoms with E-state index in [9.17, 15) is 8.42 Å². The molecule has 7 heteroatoms. The molecule has 0 radical (unpaired) electrons. The zero-order valence-electron chi connectivity index (χ0n) is 10.2. The van der Waals surface area contributed by atoms with E-state index in [4.69, 9.17) is 5.14 Å². The van der Waals surface area contributed by atoms with Gasteiger partial charge in [-0.15, -0.1) is 0 Å². The average Bonchev–Trinajstić information content (AvgIpc) is 2.39. The summed E-state index contributed by atoms with van der Waals surface area (Å²) >= 11 is 0. The van der Waals surface area contributed by atoms with Gasteiger partial charge in [0.15, 0.2) is 0 Å². The van der Waals surface area contributed by atoms with Crippen molar-refractivity contribution >= 4 is 10.0 Å². The molecule has 3 N–H and O–H groups in total. The maximum atomic E-state index is 11.2. The van der Waals surface area contributed by atoms with Crippen LogP contribution in [0.3, 0.4) is 0 Å². The van der Waals surface area contributed by atoms with Crippen LogP contribution in [0, 0.1) is 0 Å². The van der Waals surface area contributed by atoms with E-state index in [1.165, 1.54) is 12.4 Å². The molecule has 0 saturated carbocycles. The highest BCUT2D eigenvalue weighted by molar-refractivity contribution is 7.89. The third-order valence-electron chi connectivity index (χ3n) is 2.51. The summed E-state index contributed by atoms with van der Waals surface area (Å²) in [5.74, 6) is 0. The maximum Gasteiger partial charge on any atom is 0.238 e. The molecule has 0 amide bonds. The van der Waals surface area contributed by atoms with Gasteiger partial charge in [-0.3, -0.25) is 0 Å². The minimum absolute atomic E-state index is 0.119. The largest absolute Gasteiger partial charge is 0.307 e. The molecule has 0 bridgehead atoms. The minimum Gasteiger partial charge on any atom is -0.307 e. The highest BCUT2D eigenvalue weighted by Crippen LogP contribution is 2.09. The van der Waals surface area contributed by atoms with E-state index in [1.54, 1.807) is 18.3 Å². The van der Waals surface area contributed by atoms with Crippen LogP contribution < -0.4 is 10.5 Å². The third-order valence-corrected chi connectivity index (χ3v) is 3.42. The monoisotopic (exact) mass is 278 g/mol. The predicted octanol–water partition coefficient (Wildman–Crippen LogP) is 0.414. The Morgan fingerprint density at radius 2 is 2.05 bits per heavy atom. The lowest BCUT2D eigenvalue weighted by atomic mass is 10.2. The van der Waals surface area contributed by atoms with Crippen LogP contribution in [0.15, 0.2) is 47.8 Å². The lowest BCUT2D eigenvalue weighted by molar-refractivity contribution is 0.597. The lowest BCUT2D eigenvalue weighted by Crippen LogP contribution is -2.15. The molecule has 0 unspecified atom stereocenters. The smallest absolute Gasteiger partial charge is 0.238 e. The Bertz CT molecular complexity index is 644. The summed E-state index contributed by atoms with van der Waals surface area (Å²) in [7, 11) is -3.65. The number of hydrogen-bond donors (Lipinski definition) is 2. The summed E-state index contributed by atoms with van der Waals surface area (Å²) < 4.78 is 22.4. The minimum atomic E-state index is -3.65. The number of sulfonamides is 1. The number of rotatable bonds is 5. The number of aromatic nitrogens is 2. The second-order valence-corrected chi connectivity index (χ2v) is 5.56. The zero-order valence-corrected chi connectivity index (χ0v) is 11.0. The topological polar surface area (TPSA) is 98.0 Å². The summed E-state index contributed by atoms with van der Waals surface area (Å²) in [5, 5.41) is 8.25. The number of hydrogen-bond acceptors (Lipinski definition) is 5. The summed E-state index contributed by atoms with van der Waals surface area (Å²) in [4.78, 5) is 8.03. The van der Waals surface area contributed by atoms with E-state index in [-0.39, 0.29) is 4.90 Å². The Balaban J connectivity index is 1.97. The van der Waals surface area contributed by atoms with Crippen molar-refractivity contribution in [2.75, 3.05) is 0 Å². The summed E-state index contributed by atoms with van der Waals surface area (Å²) in [6, 6.07) is 8.35. The van der Waals surface area contributed by atoms with Gasteiger partial charge in [0.05, 0.1) is 10.6 Å². The van der Waals surface area contributed by atoms with Gasteiger partial charge in [-0.25, -0.2) is 23.5 Å². The molecule has 1 heterocycles. The first-order chi connectivity index (χ1) is 9.05. The second-order valence-electron chi connectivity index (χ2n) is 4.00. The van der Waals surface area contributed by atoms with Crippen LogP contribution in [-0.4, -0.2) is 18.4 Å². The molecule has 0 aliphatic rings. The SMILES string of the molecule is NS(=O)(=O)c1cccc(CNCc2ccncn2)c1. The highest BCUT2D eigenvalue weighted by Gasteiger charge is 2.07. The molecule has 0 aliphatic carbocycles. The van der Waals surface area contributed by atoms with Gasteiger partial charge in [0, 0.05) is 19.3 Å². The summed E-state index contributed by atoms with van der Waals surface area (Å²) in [5.41, 5.74) is 1.72. The van der Waals surface area contributed by atoms with Crippen molar-refractivity contribution in [3.63, 3.8) is 0 Å². The van der Waals surface area contributed by atoms with E-state index < -0.39 is 10.0 Å². The first-order valence-corrected chi connectivity index (χ1v) is 7.18. The number of nitrogens with zero attached hydrogens (tertiary/aromatic N) is 2. The van der Waals surface area contributed by atoms with Gasteiger partial charge in [0.1, 0.15) is 6.33 Å². The number of primary sulfonamides is 1. The molecule has 2 rings (SSSR count). The summed E-state index contributed by atoms with van der Waals surface area (Å²) in [6.07, 6.45) is 3.16. The molecule has 19 heavy (non-hydrogen) atoms. The maximum absolute atomic E-state index is 11.2. The number of nitrogens with two attached hydrogens (primary N) is 1. The normalized spacial score (nSPS) is 11.4. The zero-order chi connectivity index (χ0) is 13.7. The second kappa shape index (κ2) is 5.87. The van der Waals surface area contributed by atoms with Gasteiger partial charge < -0.3 is 5.32 Å². The molecule has 6 nitrogen and oxygen atoms in total. The van der Waals surface area contributed by atoms with Gasteiger partial charge >= 0.3 is 0 Å². The van der Waals surface area contributed by atoms with Crippen molar-refractivity contribution in [3.05, 3.63) is 54.1 Å². The Morgan fingerprint density at radius 3 is 2.74 bits per heavy atom. The third kappa shape index (κ3) is 4.09. The van der Waals surface area contributed by atoms with Crippen LogP contribution >= 0.6 is 0 Å². The Labute approximate surface area is 111 Å². The highest BCUT2D eigenvalue weighted by atomic mass is 32.2. The lowest BCUT2D eigenvalue weighted by Gasteiger charge is -2.06. The molecular weight excluding hydrogens is 264 g/mol. The first kappa shape index (κ1) is 13.6. The van der Waals surface area contributed by atoms with Gasteiger partial charge in [0.2, 0.25) is 10.0 Å². The van der Waals surface area contributed by atoms with Gasteiger partial charge in [-0.2, -0.15) is 0 Å². The molecule has 0 aliphatic heterocycles. The fraction of sp³-hybridized carbons (Fsp3) is 0.167. The van der Waals surface area contributed by atoms with Crippen LogP contribution in [0.4, 0.5) is 0 Å². The molecule has 1 aromatic carbocycles. The van der Waals surface area contributed by atoms with E-state index in [1.807, 2.05) is 12.1 Å². The van der Waals surface area contributed by atoms with E-state index in [0.29, 0.717) is 13.1 Å². The van der Waals surface area contributed by atoms with Gasteiger partial charge in [-0.05, 0) is 23.8 Å². The van der Waals surface area contributed by atoms with Gasteiger partial charge in [0.25, 0.3) is 0 Å². The Morgan fingerprint density at radius 1 is 1.21 bits per heavy atom. The molecular formula is C12H14N4O2S. The molecule has 100 valence electrons. The average molecular weight is 278 g/mol. The van der Waals surface area contributed by atoms with Crippen molar-refractivity contribution < 1.29 is 8.42 Å². The molecule has 0 atom stereocenters. The predicted molar refractivity (Wildman–Crippen MR) is 70.4 cm³/mol. The Hall–Kier alpha value is -1.83. The standard InChI is InChI=1S/C12H14N4O2S/c13-19(17,18)12-3-1-2-10(6-12)7-15-8-11-4-5-14-9-16-11/h1-6,9,15H,7-8H2,(H2,13,17,18). The Kier molecular flexibility index (Phi) is 4.20. The molecule has 1 aromatic heterocycles. The van der Waals surface area contributed by atoms with Crippen molar-refractivity contribution in [2.45, 2.75) is 18.0 Å². The van der Waals surface area contributed by atoms with E-state index in [0.717, 1.165) is 11.3 Å². The fourth-order valence-electron chi connectivity index (χ4n) is 1.59. The van der Waals surface area contributed by atoms with Crippen molar-refractivity contribution in [1.82, 2.24) is 15.3 Å². The number of nitrogens with one attached hydrogen (secondary N) is 1. The van der Waals surface area contributed by atoms with E-state index >= 15 is 0 Å². The van der Waals surface area contributed by atoms with E-state index in [2.05, 4.69) is 15.3 Å². The van der Waals surface area contributed by atoms with Crippen LogP contribution in [0.1, 0.15) is 11.3 Å². The molecule has 0 saturated heterocycles. The van der Waals surface area contributed by atoms with Crippen molar-refractivity contribution in [3.8, 4) is 0 Å². The first-order valence-electron chi connectivity index (χ1n) is 5.63.